The molecule has 2 heterocycles. The van der Waals surface area contributed by atoms with Crippen LogP contribution in [0.3, 0.4) is 0 Å². The maximum atomic E-state index is 12.3. The molecule has 0 bridgehead atoms. The van der Waals surface area contributed by atoms with E-state index < -0.39 is 18.0 Å². The summed E-state index contributed by atoms with van der Waals surface area (Å²) < 4.78 is 1.47. The number of hydrogen-bond donors (Lipinski definition) is 2. The van der Waals surface area contributed by atoms with Crippen molar-refractivity contribution in [2.24, 2.45) is 0 Å². The van der Waals surface area contributed by atoms with Crippen LogP contribution < -0.4 is 10.6 Å². The average Bonchev–Trinajstić information content (AvgIpc) is 2.88. The molecule has 1 fully saturated rings. The Morgan fingerprint density at radius 2 is 2.10 bits per heavy atom. The molecule has 1 saturated heterocycles. The number of amides is 3. The van der Waals surface area contributed by atoms with Gasteiger partial charge in [-0.15, -0.1) is 0 Å². The van der Waals surface area contributed by atoms with Gasteiger partial charge in [0.2, 0.25) is 5.91 Å². The molecule has 1 atom stereocenters. The molecule has 20 heavy (non-hydrogen) atoms. The number of carbonyl (C=O) groups is 3. The fourth-order valence-corrected chi connectivity index (χ4v) is 2.33. The number of imidazole rings is 1. The third-order valence-corrected chi connectivity index (χ3v) is 3.22. The summed E-state index contributed by atoms with van der Waals surface area (Å²) in [6, 6.07) is 5.87. The number of imide groups is 1. The Balaban J connectivity index is 1.91. The number of aromatic nitrogens is 2. The molecule has 1 aromatic carbocycles. The van der Waals surface area contributed by atoms with Crippen LogP contribution in [0.4, 0.5) is 4.79 Å². The second-order valence-electron chi connectivity index (χ2n) is 4.60. The molecule has 102 valence electrons. The van der Waals surface area contributed by atoms with Crippen LogP contribution in [0.15, 0.2) is 24.3 Å². The van der Waals surface area contributed by atoms with Crippen LogP contribution in [0.2, 0.25) is 0 Å². The molecule has 7 heteroatoms. The van der Waals surface area contributed by atoms with Crippen LogP contribution in [0.5, 0.6) is 0 Å². The zero-order chi connectivity index (χ0) is 14.3. The topological polar surface area (TPSA) is 93.1 Å². The number of hydrogen-bond acceptors (Lipinski definition) is 4. The Labute approximate surface area is 114 Å². The van der Waals surface area contributed by atoms with Gasteiger partial charge in [0.1, 0.15) is 11.9 Å². The smallest absolute Gasteiger partial charge is 0.322 e. The fourth-order valence-electron chi connectivity index (χ4n) is 2.33. The van der Waals surface area contributed by atoms with Crippen LogP contribution in [0.1, 0.15) is 17.0 Å². The van der Waals surface area contributed by atoms with E-state index in [1.807, 2.05) is 18.2 Å². The fraction of sp³-hybridized carbons (Fsp3) is 0.231. The van der Waals surface area contributed by atoms with Crippen molar-refractivity contribution in [1.29, 1.82) is 0 Å². The van der Waals surface area contributed by atoms with E-state index in [9.17, 15) is 14.4 Å². The Morgan fingerprint density at radius 1 is 1.35 bits per heavy atom. The predicted octanol–water partition coefficient (Wildman–Crippen LogP) is 0.583. The van der Waals surface area contributed by atoms with Crippen LogP contribution in [-0.4, -0.2) is 33.4 Å². The van der Waals surface area contributed by atoms with Gasteiger partial charge in [0.15, 0.2) is 0 Å². The van der Waals surface area contributed by atoms with Gasteiger partial charge in [0.25, 0.3) is 5.91 Å². The Hall–Kier alpha value is -2.70. The second kappa shape index (κ2) is 4.44. The Bertz CT molecular complexity index is 734. The van der Waals surface area contributed by atoms with Gasteiger partial charge in [-0.1, -0.05) is 12.1 Å². The van der Waals surface area contributed by atoms with E-state index in [1.54, 1.807) is 13.0 Å². The minimum Gasteiger partial charge on any atom is -0.325 e. The monoisotopic (exact) mass is 272 g/mol. The minimum atomic E-state index is -0.824. The van der Waals surface area contributed by atoms with E-state index in [2.05, 4.69) is 15.6 Å². The van der Waals surface area contributed by atoms with Crippen LogP contribution in [0.25, 0.3) is 11.0 Å². The largest absolute Gasteiger partial charge is 0.325 e. The number of benzene rings is 1. The van der Waals surface area contributed by atoms with Gasteiger partial charge in [-0.3, -0.25) is 19.5 Å². The first-order valence-electron chi connectivity index (χ1n) is 6.15. The highest BCUT2D eigenvalue weighted by atomic mass is 16.2. The number of aryl methyl sites for hydroxylation is 1. The molecule has 2 aromatic rings. The number of rotatable bonds is 2. The molecule has 7 nitrogen and oxygen atoms in total. The summed E-state index contributed by atoms with van der Waals surface area (Å²) in [6.45, 7) is 1.73. The Kier molecular flexibility index (Phi) is 2.74. The van der Waals surface area contributed by atoms with Crippen molar-refractivity contribution in [3.05, 3.63) is 30.1 Å². The first-order valence-corrected chi connectivity index (χ1v) is 6.15. The van der Waals surface area contributed by atoms with Crippen molar-refractivity contribution in [3.8, 4) is 0 Å². The number of fused-ring (bicyclic) bond motifs is 1. The maximum Gasteiger partial charge on any atom is 0.322 e. The lowest BCUT2D eigenvalue weighted by Crippen LogP contribution is -2.33. The molecular formula is C13H12N4O3. The lowest BCUT2D eigenvalue weighted by molar-refractivity contribution is -0.120. The Morgan fingerprint density at radius 3 is 2.80 bits per heavy atom. The highest BCUT2D eigenvalue weighted by molar-refractivity contribution is 6.06. The predicted molar refractivity (Wildman–Crippen MR) is 70.2 cm³/mol. The highest BCUT2D eigenvalue weighted by Gasteiger charge is 2.32. The van der Waals surface area contributed by atoms with Gasteiger partial charge < -0.3 is 5.32 Å². The third-order valence-electron chi connectivity index (χ3n) is 3.22. The van der Waals surface area contributed by atoms with E-state index >= 15 is 0 Å². The van der Waals surface area contributed by atoms with E-state index in [4.69, 9.17) is 0 Å². The summed E-state index contributed by atoms with van der Waals surface area (Å²) >= 11 is 0. The third kappa shape index (κ3) is 1.93. The normalized spacial score (nSPS) is 18.1. The molecule has 3 amide bonds. The van der Waals surface area contributed by atoms with Crippen LogP contribution >= 0.6 is 0 Å². The van der Waals surface area contributed by atoms with Gasteiger partial charge in [0, 0.05) is 0 Å². The molecule has 0 aliphatic carbocycles. The van der Waals surface area contributed by atoms with E-state index in [1.165, 1.54) is 4.57 Å². The number of nitrogens with one attached hydrogen (secondary N) is 2. The molecule has 1 aliphatic heterocycles. The second-order valence-corrected chi connectivity index (χ2v) is 4.60. The molecule has 0 spiro atoms. The van der Waals surface area contributed by atoms with Gasteiger partial charge in [-0.25, -0.2) is 9.78 Å². The summed E-state index contributed by atoms with van der Waals surface area (Å²) in [5, 5.41) is 4.51. The number of carbonyl (C=O) groups excluding carboxylic acids is 3. The van der Waals surface area contributed by atoms with Crippen molar-refractivity contribution in [2.75, 3.05) is 0 Å². The summed E-state index contributed by atoms with van der Waals surface area (Å²) in [5.74, 6) is -0.204. The van der Waals surface area contributed by atoms with Crippen LogP contribution in [-0.2, 0) is 4.79 Å². The number of nitrogens with zero attached hydrogens (tertiary/aromatic N) is 2. The summed E-state index contributed by atoms with van der Waals surface area (Å²) in [4.78, 5) is 39.1. The molecule has 0 radical (unpaired) electrons. The minimum absolute atomic E-state index is 0.0984. The summed E-state index contributed by atoms with van der Waals surface area (Å²) in [5.41, 5.74) is 1.41. The molecule has 2 N–H and O–H groups in total. The van der Waals surface area contributed by atoms with E-state index in [0.717, 1.165) is 5.52 Å². The summed E-state index contributed by atoms with van der Waals surface area (Å²) in [6.07, 6.45) is -0.0984. The summed E-state index contributed by atoms with van der Waals surface area (Å²) in [7, 11) is 0. The van der Waals surface area contributed by atoms with Crippen molar-refractivity contribution in [2.45, 2.75) is 19.4 Å². The zero-order valence-electron chi connectivity index (χ0n) is 10.7. The van der Waals surface area contributed by atoms with Crippen molar-refractivity contribution in [3.63, 3.8) is 0 Å². The molecule has 3 rings (SSSR count). The molecule has 0 saturated carbocycles. The molecule has 1 aromatic heterocycles. The van der Waals surface area contributed by atoms with E-state index in [0.29, 0.717) is 11.3 Å². The molecule has 1 aliphatic rings. The van der Waals surface area contributed by atoms with Gasteiger partial charge in [0.05, 0.1) is 17.5 Å². The molecule has 0 unspecified atom stereocenters. The maximum absolute atomic E-state index is 12.3. The molecular weight excluding hydrogens is 260 g/mol. The lowest BCUT2D eigenvalue weighted by atomic mass is 10.2. The average molecular weight is 272 g/mol. The van der Waals surface area contributed by atoms with Crippen molar-refractivity contribution in [1.82, 2.24) is 20.2 Å². The van der Waals surface area contributed by atoms with E-state index in [-0.39, 0.29) is 12.3 Å². The zero-order valence-corrected chi connectivity index (χ0v) is 10.7. The van der Waals surface area contributed by atoms with Crippen LogP contribution in [0, 0.1) is 6.92 Å². The quantitative estimate of drug-likeness (QED) is 0.782. The van der Waals surface area contributed by atoms with Crippen molar-refractivity contribution >= 4 is 28.9 Å². The standard InChI is InChI=1S/C13H12N4O3/c1-7-14-8-4-2-3-5-10(8)17(7)11(18)6-9-12(19)16-13(20)15-9/h2-5,9H,6H2,1H3,(H2,15,16,19,20)/t9-/m0/s1. The first-order chi connectivity index (χ1) is 9.56. The SMILES string of the molecule is Cc1nc2ccccc2n1C(=O)C[C@@H]1NC(=O)NC1=O. The van der Waals surface area contributed by atoms with Gasteiger partial charge in [-0.2, -0.15) is 0 Å². The lowest BCUT2D eigenvalue weighted by Gasteiger charge is -2.08. The number of urea groups is 1. The van der Waals surface area contributed by atoms with Crippen molar-refractivity contribution < 1.29 is 14.4 Å². The van der Waals surface area contributed by atoms with Gasteiger partial charge in [-0.05, 0) is 19.1 Å². The first kappa shape index (κ1) is 12.3. The number of para-hydroxylation sites is 2. The van der Waals surface area contributed by atoms with Gasteiger partial charge >= 0.3 is 6.03 Å². The highest BCUT2D eigenvalue weighted by Crippen LogP contribution is 2.16.